The third kappa shape index (κ3) is 5.49. The number of primary amides is 1. The minimum Gasteiger partial charge on any atom is -0.444 e. The molecule has 0 aliphatic heterocycles. The minimum absolute atomic E-state index is 0.126. The van der Waals surface area contributed by atoms with Gasteiger partial charge in [-0.25, -0.2) is 4.79 Å². The van der Waals surface area contributed by atoms with Gasteiger partial charge in [0.1, 0.15) is 11.6 Å². The highest BCUT2D eigenvalue weighted by Gasteiger charge is 2.32. The fourth-order valence-corrected chi connectivity index (χ4v) is 2.48. The zero-order valence-corrected chi connectivity index (χ0v) is 12.4. The van der Waals surface area contributed by atoms with Crippen molar-refractivity contribution in [1.29, 1.82) is 0 Å². The molecule has 1 atom stereocenters. The van der Waals surface area contributed by atoms with Crippen molar-refractivity contribution < 1.29 is 14.3 Å². The number of amides is 2. The topological polar surface area (TPSA) is 81.4 Å². The average molecular weight is 270 g/mol. The third-order valence-corrected chi connectivity index (χ3v) is 3.51. The van der Waals surface area contributed by atoms with Gasteiger partial charge in [-0.15, -0.1) is 0 Å². The molecule has 5 heteroatoms. The summed E-state index contributed by atoms with van der Waals surface area (Å²) in [5, 5.41) is 2.62. The Balaban J connectivity index is 2.58. The molecule has 0 unspecified atom stereocenters. The smallest absolute Gasteiger partial charge is 0.408 e. The molecule has 0 aromatic rings. The van der Waals surface area contributed by atoms with E-state index in [1.807, 2.05) is 0 Å². The number of carbonyl (C=O) groups is 2. The Morgan fingerprint density at radius 3 is 2.16 bits per heavy atom. The van der Waals surface area contributed by atoms with Crippen LogP contribution in [0.3, 0.4) is 0 Å². The summed E-state index contributed by atoms with van der Waals surface area (Å²) in [6.45, 7) is 7.56. The number of hydrogen-bond acceptors (Lipinski definition) is 3. The van der Waals surface area contributed by atoms with Crippen molar-refractivity contribution >= 4 is 12.0 Å². The monoisotopic (exact) mass is 270 g/mol. The fourth-order valence-electron chi connectivity index (χ4n) is 2.48. The van der Waals surface area contributed by atoms with Crippen LogP contribution in [0.5, 0.6) is 0 Å². The normalized spacial score (nSPS) is 25.5. The molecule has 0 bridgehead atoms. The molecule has 19 heavy (non-hydrogen) atoms. The van der Waals surface area contributed by atoms with Gasteiger partial charge in [0.05, 0.1) is 0 Å². The first-order valence-electron chi connectivity index (χ1n) is 6.98. The first-order valence-corrected chi connectivity index (χ1v) is 6.98. The van der Waals surface area contributed by atoms with E-state index < -0.39 is 23.6 Å². The second-order valence-electron chi connectivity index (χ2n) is 6.55. The van der Waals surface area contributed by atoms with Gasteiger partial charge in [0.2, 0.25) is 5.91 Å². The van der Waals surface area contributed by atoms with Gasteiger partial charge in [-0.2, -0.15) is 0 Å². The van der Waals surface area contributed by atoms with Crippen LogP contribution in [0.4, 0.5) is 4.79 Å². The zero-order valence-electron chi connectivity index (χ0n) is 12.4. The molecular formula is C14H26N2O3. The van der Waals surface area contributed by atoms with Crippen LogP contribution in [0.25, 0.3) is 0 Å². The van der Waals surface area contributed by atoms with Gasteiger partial charge in [0.15, 0.2) is 0 Å². The van der Waals surface area contributed by atoms with Crippen LogP contribution in [-0.4, -0.2) is 23.6 Å². The van der Waals surface area contributed by atoms with E-state index in [0.717, 1.165) is 25.7 Å². The van der Waals surface area contributed by atoms with E-state index >= 15 is 0 Å². The van der Waals surface area contributed by atoms with Crippen LogP contribution in [-0.2, 0) is 9.53 Å². The molecule has 110 valence electrons. The van der Waals surface area contributed by atoms with Crippen LogP contribution in [0.15, 0.2) is 0 Å². The Kier molecular flexibility index (Phi) is 5.20. The van der Waals surface area contributed by atoms with Crippen molar-refractivity contribution in [3.63, 3.8) is 0 Å². The van der Waals surface area contributed by atoms with Gasteiger partial charge in [-0.05, 0) is 45.4 Å². The van der Waals surface area contributed by atoms with E-state index in [0.29, 0.717) is 5.92 Å². The molecule has 1 aliphatic carbocycles. The molecule has 0 saturated heterocycles. The van der Waals surface area contributed by atoms with Crippen molar-refractivity contribution in [2.45, 2.75) is 65.0 Å². The highest BCUT2D eigenvalue weighted by molar-refractivity contribution is 5.84. The van der Waals surface area contributed by atoms with Gasteiger partial charge in [-0.1, -0.05) is 19.8 Å². The van der Waals surface area contributed by atoms with E-state index in [-0.39, 0.29) is 5.92 Å². The fraction of sp³-hybridized carbons (Fsp3) is 0.857. The van der Waals surface area contributed by atoms with Crippen LogP contribution >= 0.6 is 0 Å². The van der Waals surface area contributed by atoms with E-state index in [2.05, 4.69) is 12.2 Å². The number of hydrogen-bond donors (Lipinski definition) is 2. The summed E-state index contributed by atoms with van der Waals surface area (Å²) in [7, 11) is 0. The lowest BCUT2D eigenvalue weighted by Gasteiger charge is -2.32. The summed E-state index contributed by atoms with van der Waals surface area (Å²) in [5.41, 5.74) is 4.83. The first-order chi connectivity index (χ1) is 8.69. The quantitative estimate of drug-likeness (QED) is 0.824. The maximum Gasteiger partial charge on any atom is 0.408 e. The summed E-state index contributed by atoms with van der Waals surface area (Å²) < 4.78 is 5.17. The molecule has 1 rings (SSSR count). The Hall–Kier alpha value is -1.26. The number of rotatable bonds is 3. The largest absolute Gasteiger partial charge is 0.444 e. The maximum absolute atomic E-state index is 11.7. The molecule has 1 fully saturated rings. The Labute approximate surface area is 115 Å². The first kappa shape index (κ1) is 15.8. The van der Waals surface area contributed by atoms with Crippen molar-refractivity contribution in [1.82, 2.24) is 5.32 Å². The molecule has 5 nitrogen and oxygen atoms in total. The molecule has 0 aromatic heterocycles. The van der Waals surface area contributed by atoms with Crippen molar-refractivity contribution in [3.8, 4) is 0 Å². The number of ether oxygens (including phenoxy) is 1. The van der Waals surface area contributed by atoms with E-state index in [1.165, 1.54) is 0 Å². The SMILES string of the molecule is CC1CCC([C@H](NC(=O)OC(C)(C)C)C(N)=O)CC1. The molecular weight excluding hydrogens is 244 g/mol. The summed E-state index contributed by atoms with van der Waals surface area (Å²) in [6, 6.07) is -0.623. The van der Waals surface area contributed by atoms with Crippen LogP contribution in [0.2, 0.25) is 0 Å². The predicted octanol–water partition coefficient (Wildman–Crippen LogP) is 2.19. The standard InChI is InChI=1S/C14H26N2O3/c1-9-5-7-10(8-6-9)11(12(15)17)16-13(18)19-14(2,3)4/h9-11H,5-8H2,1-4H3,(H2,15,17)(H,16,18)/t9?,10?,11-/m0/s1. The predicted molar refractivity (Wildman–Crippen MR) is 73.5 cm³/mol. The van der Waals surface area contributed by atoms with Gasteiger partial charge in [0, 0.05) is 0 Å². The van der Waals surface area contributed by atoms with Crippen molar-refractivity contribution in [3.05, 3.63) is 0 Å². The van der Waals surface area contributed by atoms with Crippen molar-refractivity contribution in [2.75, 3.05) is 0 Å². The van der Waals surface area contributed by atoms with Gasteiger partial charge < -0.3 is 15.8 Å². The maximum atomic E-state index is 11.7. The number of carbonyl (C=O) groups excluding carboxylic acids is 2. The number of alkyl carbamates (subject to hydrolysis) is 1. The second kappa shape index (κ2) is 6.26. The summed E-state index contributed by atoms with van der Waals surface area (Å²) >= 11 is 0. The van der Waals surface area contributed by atoms with Crippen molar-refractivity contribution in [2.24, 2.45) is 17.6 Å². The molecule has 3 N–H and O–H groups in total. The van der Waals surface area contributed by atoms with E-state index in [9.17, 15) is 9.59 Å². The highest BCUT2D eigenvalue weighted by atomic mass is 16.6. The van der Waals surface area contributed by atoms with Crippen LogP contribution < -0.4 is 11.1 Å². The van der Waals surface area contributed by atoms with Gasteiger partial charge in [0.25, 0.3) is 0 Å². The molecule has 2 amide bonds. The summed E-state index contributed by atoms with van der Waals surface area (Å²) in [6.07, 6.45) is 3.42. The molecule has 0 aromatic carbocycles. The molecule has 0 radical (unpaired) electrons. The van der Waals surface area contributed by atoms with Crippen LogP contribution in [0, 0.1) is 11.8 Å². The molecule has 0 spiro atoms. The molecule has 0 heterocycles. The second-order valence-corrected chi connectivity index (χ2v) is 6.55. The van der Waals surface area contributed by atoms with Gasteiger partial charge in [-0.3, -0.25) is 4.79 Å². The lowest BCUT2D eigenvalue weighted by atomic mass is 9.79. The number of nitrogens with one attached hydrogen (secondary N) is 1. The minimum atomic E-state index is -0.623. The average Bonchev–Trinajstić information content (AvgIpc) is 2.24. The van der Waals surface area contributed by atoms with Gasteiger partial charge >= 0.3 is 6.09 Å². The zero-order chi connectivity index (χ0) is 14.6. The summed E-state index contributed by atoms with van der Waals surface area (Å²) in [4.78, 5) is 23.3. The molecule has 1 saturated carbocycles. The van der Waals surface area contributed by atoms with Crippen LogP contribution in [0.1, 0.15) is 53.4 Å². The Bertz CT molecular complexity index is 328. The third-order valence-electron chi connectivity index (χ3n) is 3.51. The van der Waals surface area contributed by atoms with E-state index in [1.54, 1.807) is 20.8 Å². The Morgan fingerprint density at radius 1 is 1.21 bits per heavy atom. The summed E-state index contributed by atoms with van der Waals surface area (Å²) in [5.74, 6) is 0.331. The number of nitrogens with two attached hydrogens (primary N) is 1. The molecule has 1 aliphatic rings. The van der Waals surface area contributed by atoms with E-state index in [4.69, 9.17) is 10.5 Å². The Morgan fingerprint density at radius 2 is 1.74 bits per heavy atom. The lowest BCUT2D eigenvalue weighted by molar-refractivity contribution is -0.121. The highest BCUT2D eigenvalue weighted by Crippen LogP contribution is 2.30. The lowest BCUT2D eigenvalue weighted by Crippen LogP contribution is -2.51.